The van der Waals surface area contributed by atoms with E-state index in [4.69, 9.17) is 0 Å². The lowest BCUT2D eigenvalue weighted by atomic mass is 10.1. The predicted octanol–water partition coefficient (Wildman–Crippen LogP) is 2.80. The molecule has 0 heterocycles. The molecule has 0 aliphatic carbocycles. The second-order valence-electron chi connectivity index (χ2n) is 2.56. The molecule has 0 aromatic carbocycles. The molecule has 0 radical (unpaired) electrons. The zero-order chi connectivity index (χ0) is 9.56. The molecule has 66 valence electrons. The van der Waals surface area contributed by atoms with Gasteiger partial charge < -0.3 is 5.32 Å². The molecule has 0 saturated heterocycles. The lowest BCUT2D eigenvalue weighted by molar-refractivity contribution is 1.02. The van der Waals surface area contributed by atoms with Crippen LogP contribution >= 0.6 is 0 Å². The van der Waals surface area contributed by atoms with Crippen molar-refractivity contribution in [2.75, 3.05) is 7.05 Å². The summed E-state index contributed by atoms with van der Waals surface area (Å²) < 4.78 is 0. The standard InChI is InChI=1S/C11H17N/c1-6-8-10(9(3)4)11(7-2)12-5/h6-8,12H,2-3H2,1,4-5H3/b8-6-,11-10-. The van der Waals surface area contributed by atoms with E-state index in [0.29, 0.717) is 0 Å². The normalized spacial score (nSPS) is 12.6. The monoisotopic (exact) mass is 163 g/mol. The summed E-state index contributed by atoms with van der Waals surface area (Å²) in [5.41, 5.74) is 3.16. The zero-order valence-electron chi connectivity index (χ0n) is 8.15. The van der Waals surface area contributed by atoms with Crippen molar-refractivity contribution in [1.29, 1.82) is 0 Å². The van der Waals surface area contributed by atoms with Crippen molar-refractivity contribution in [3.8, 4) is 0 Å². The number of hydrogen-bond acceptors (Lipinski definition) is 1. The average molecular weight is 163 g/mol. The summed E-state index contributed by atoms with van der Waals surface area (Å²) in [5.74, 6) is 0. The van der Waals surface area contributed by atoms with Crippen molar-refractivity contribution >= 4 is 0 Å². The molecule has 0 atom stereocenters. The van der Waals surface area contributed by atoms with E-state index in [-0.39, 0.29) is 0 Å². The maximum absolute atomic E-state index is 3.89. The van der Waals surface area contributed by atoms with E-state index in [2.05, 4.69) is 18.5 Å². The van der Waals surface area contributed by atoms with Gasteiger partial charge in [0.2, 0.25) is 0 Å². The van der Waals surface area contributed by atoms with Crippen LogP contribution in [0.3, 0.4) is 0 Å². The first-order chi connectivity index (χ1) is 5.67. The van der Waals surface area contributed by atoms with E-state index in [1.807, 2.05) is 33.0 Å². The smallest absolute Gasteiger partial charge is 0.0407 e. The summed E-state index contributed by atoms with van der Waals surface area (Å²) >= 11 is 0. The van der Waals surface area contributed by atoms with Gasteiger partial charge in [-0.25, -0.2) is 0 Å². The molecule has 0 rings (SSSR count). The van der Waals surface area contributed by atoms with Crippen LogP contribution in [0.5, 0.6) is 0 Å². The Labute approximate surface area is 75.2 Å². The lowest BCUT2D eigenvalue weighted by Crippen LogP contribution is -2.06. The highest BCUT2D eigenvalue weighted by Crippen LogP contribution is 2.13. The van der Waals surface area contributed by atoms with Gasteiger partial charge in [0, 0.05) is 12.7 Å². The van der Waals surface area contributed by atoms with Crippen LogP contribution in [0.15, 0.2) is 48.2 Å². The van der Waals surface area contributed by atoms with Crippen LogP contribution in [0.2, 0.25) is 0 Å². The third kappa shape index (κ3) is 2.79. The molecule has 0 aliphatic rings. The van der Waals surface area contributed by atoms with Gasteiger partial charge in [-0.15, -0.1) is 0 Å². The Morgan fingerprint density at radius 1 is 1.42 bits per heavy atom. The van der Waals surface area contributed by atoms with E-state index < -0.39 is 0 Å². The first-order valence-electron chi connectivity index (χ1n) is 4.00. The highest BCUT2D eigenvalue weighted by atomic mass is 14.8. The van der Waals surface area contributed by atoms with Crippen LogP contribution < -0.4 is 5.32 Å². The van der Waals surface area contributed by atoms with Gasteiger partial charge in [0.1, 0.15) is 0 Å². The second kappa shape index (κ2) is 5.42. The van der Waals surface area contributed by atoms with Gasteiger partial charge in [0.05, 0.1) is 0 Å². The molecule has 0 aromatic rings. The Morgan fingerprint density at radius 3 is 2.25 bits per heavy atom. The van der Waals surface area contributed by atoms with E-state index in [1.165, 1.54) is 0 Å². The summed E-state index contributed by atoms with van der Waals surface area (Å²) in [7, 11) is 1.88. The van der Waals surface area contributed by atoms with Gasteiger partial charge >= 0.3 is 0 Å². The molecule has 0 amide bonds. The molecule has 0 aliphatic heterocycles. The summed E-state index contributed by atoms with van der Waals surface area (Å²) in [5, 5.41) is 3.07. The van der Waals surface area contributed by atoms with Gasteiger partial charge in [-0.2, -0.15) is 0 Å². The third-order valence-electron chi connectivity index (χ3n) is 1.56. The number of allylic oxidation sites excluding steroid dienone is 5. The predicted molar refractivity (Wildman–Crippen MR) is 55.9 cm³/mol. The van der Waals surface area contributed by atoms with Gasteiger partial charge in [-0.3, -0.25) is 0 Å². The minimum Gasteiger partial charge on any atom is -0.388 e. The van der Waals surface area contributed by atoms with Crippen LogP contribution in [0.1, 0.15) is 13.8 Å². The molecule has 0 aromatic heterocycles. The van der Waals surface area contributed by atoms with Crippen molar-refractivity contribution in [3.63, 3.8) is 0 Å². The molecule has 0 saturated carbocycles. The summed E-state index contributed by atoms with van der Waals surface area (Å²) in [4.78, 5) is 0. The molecular formula is C11H17N. The molecule has 0 fully saturated rings. The molecule has 1 heteroatoms. The summed E-state index contributed by atoms with van der Waals surface area (Å²) in [6.45, 7) is 11.6. The summed E-state index contributed by atoms with van der Waals surface area (Å²) in [6, 6.07) is 0. The Kier molecular flexibility index (Phi) is 4.86. The quantitative estimate of drug-likeness (QED) is 0.628. The van der Waals surface area contributed by atoms with E-state index in [1.54, 1.807) is 6.08 Å². The molecule has 1 N–H and O–H groups in total. The largest absolute Gasteiger partial charge is 0.388 e. The highest BCUT2D eigenvalue weighted by molar-refractivity contribution is 5.43. The Hall–Kier alpha value is -1.24. The van der Waals surface area contributed by atoms with Gasteiger partial charge in [-0.1, -0.05) is 25.3 Å². The minimum absolute atomic E-state index is 1.01. The van der Waals surface area contributed by atoms with Crippen LogP contribution in [0.25, 0.3) is 0 Å². The van der Waals surface area contributed by atoms with E-state index >= 15 is 0 Å². The zero-order valence-corrected chi connectivity index (χ0v) is 8.15. The number of likely N-dealkylation sites (N-methyl/N-ethyl adjacent to an activating group) is 1. The SMILES string of the molecule is C=C/C(NC)=C(\C=C/C)C(=C)C. The molecule has 1 nitrogen and oxygen atoms in total. The minimum atomic E-state index is 1.01. The molecule has 0 spiro atoms. The van der Waals surface area contributed by atoms with Crippen molar-refractivity contribution in [2.45, 2.75) is 13.8 Å². The Balaban J connectivity index is 5.02. The Morgan fingerprint density at radius 2 is 2.00 bits per heavy atom. The van der Waals surface area contributed by atoms with Crippen molar-refractivity contribution in [3.05, 3.63) is 48.2 Å². The van der Waals surface area contributed by atoms with E-state index in [0.717, 1.165) is 16.8 Å². The average Bonchev–Trinajstić information content (AvgIpc) is 2.05. The fourth-order valence-corrected chi connectivity index (χ4v) is 0.975. The van der Waals surface area contributed by atoms with Crippen LogP contribution in [-0.4, -0.2) is 7.05 Å². The number of nitrogens with one attached hydrogen (secondary N) is 1. The van der Waals surface area contributed by atoms with Crippen molar-refractivity contribution in [1.82, 2.24) is 5.32 Å². The third-order valence-corrected chi connectivity index (χ3v) is 1.56. The molecule has 0 bridgehead atoms. The van der Waals surface area contributed by atoms with Gasteiger partial charge in [0.15, 0.2) is 0 Å². The number of hydrogen-bond donors (Lipinski definition) is 1. The first kappa shape index (κ1) is 10.8. The fraction of sp³-hybridized carbons (Fsp3) is 0.273. The summed E-state index contributed by atoms with van der Waals surface area (Å²) in [6.07, 6.45) is 5.81. The maximum Gasteiger partial charge on any atom is 0.0407 e. The Bertz CT molecular complexity index is 231. The molecule has 12 heavy (non-hydrogen) atoms. The van der Waals surface area contributed by atoms with Crippen LogP contribution in [-0.2, 0) is 0 Å². The van der Waals surface area contributed by atoms with Gasteiger partial charge in [-0.05, 0) is 31.1 Å². The molecule has 0 unspecified atom stereocenters. The van der Waals surface area contributed by atoms with Crippen molar-refractivity contribution < 1.29 is 0 Å². The van der Waals surface area contributed by atoms with Gasteiger partial charge in [0.25, 0.3) is 0 Å². The van der Waals surface area contributed by atoms with Crippen LogP contribution in [0.4, 0.5) is 0 Å². The maximum atomic E-state index is 3.89. The second-order valence-corrected chi connectivity index (χ2v) is 2.56. The fourth-order valence-electron chi connectivity index (χ4n) is 0.975. The first-order valence-corrected chi connectivity index (χ1v) is 4.00. The lowest BCUT2D eigenvalue weighted by Gasteiger charge is -2.07. The van der Waals surface area contributed by atoms with Crippen LogP contribution in [0, 0.1) is 0 Å². The van der Waals surface area contributed by atoms with E-state index in [9.17, 15) is 0 Å². The highest BCUT2D eigenvalue weighted by Gasteiger charge is 1.98. The number of rotatable bonds is 4. The molecular weight excluding hydrogens is 146 g/mol. The van der Waals surface area contributed by atoms with Crippen molar-refractivity contribution in [2.24, 2.45) is 0 Å². The topological polar surface area (TPSA) is 12.0 Å².